The van der Waals surface area contributed by atoms with E-state index in [4.69, 9.17) is 4.74 Å². The minimum Gasteiger partial charge on any atom is -0.494 e. The average molecular weight is 427 g/mol. The summed E-state index contributed by atoms with van der Waals surface area (Å²) in [5.41, 5.74) is 5.55. The topological polar surface area (TPSA) is 69.0 Å². The minimum atomic E-state index is -0.346. The van der Waals surface area contributed by atoms with E-state index in [1.807, 2.05) is 94.4 Å². The molecule has 0 aliphatic rings. The number of nitrogens with zero attached hydrogens (tertiary/aromatic N) is 3. The molecule has 1 amide bonds. The summed E-state index contributed by atoms with van der Waals surface area (Å²) >= 11 is 0. The molecule has 1 N–H and O–H groups in total. The normalized spacial score (nSPS) is 10.8. The van der Waals surface area contributed by atoms with Crippen LogP contribution in [-0.2, 0) is 0 Å². The first-order valence-corrected chi connectivity index (χ1v) is 10.6. The number of benzene rings is 3. The first kappa shape index (κ1) is 21.3. The molecule has 4 aromatic rings. The van der Waals surface area contributed by atoms with E-state index in [1.165, 1.54) is 0 Å². The van der Waals surface area contributed by atoms with Crippen LogP contribution in [-0.4, -0.2) is 27.3 Å². The first-order valence-electron chi connectivity index (χ1n) is 10.6. The van der Waals surface area contributed by atoms with Crippen LogP contribution in [0.4, 0.5) is 5.69 Å². The third-order valence-electron chi connectivity index (χ3n) is 5.20. The fraction of sp³-hybridized carbons (Fsp3) is 0.192. The summed E-state index contributed by atoms with van der Waals surface area (Å²) in [6.45, 7) is 8.50. The van der Waals surface area contributed by atoms with Crippen molar-refractivity contribution in [1.82, 2.24) is 14.8 Å². The number of aryl methyl sites for hydroxylation is 3. The Balaban J connectivity index is 1.76. The molecule has 4 rings (SSSR count). The summed E-state index contributed by atoms with van der Waals surface area (Å²) in [6, 6.07) is 21.5. The molecule has 6 nitrogen and oxygen atoms in total. The Labute approximate surface area is 187 Å². The number of hydrogen-bond donors (Lipinski definition) is 1. The fourth-order valence-electron chi connectivity index (χ4n) is 3.59. The van der Waals surface area contributed by atoms with Gasteiger partial charge in [-0.25, -0.2) is 9.67 Å². The molecule has 1 aromatic heterocycles. The lowest BCUT2D eigenvalue weighted by Crippen LogP contribution is -2.16. The van der Waals surface area contributed by atoms with Gasteiger partial charge in [-0.1, -0.05) is 42.0 Å². The second kappa shape index (κ2) is 9.06. The third-order valence-corrected chi connectivity index (χ3v) is 5.20. The van der Waals surface area contributed by atoms with Crippen molar-refractivity contribution in [3.63, 3.8) is 0 Å². The smallest absolute Gasteiger partial charge is 0.295 e. The van der Waals surface area contributed by atoms with E-state index in [0.717, 1.165) is 39.4 Å². The quantitative estimate of drug-likeness (QED) is 0.441. The summed E-state index contributed by atoms with van der Waals surface area (Å²) in [4.78, 5) is 17.7. The molecule has 0 atom stereocenters. The summed E-state index contributed by atoms with van der Waals surface area (Å²) < 4.78 is 7.25. The highest BCUT2D eigenvalue weighted by Crippen LogP contribution is 2.25. The molecular weight excluding hydrogens is 400 g/mol. The van der Waals surface area contributed by atoms with Crippen molar-refractivity contribution < 1.29 is 9.53 Å². The number of hydrogen-bond acceptors (Lipinski definition) is 4. The molecule has 0 bridgehead atoms. The van der Waals surface area contributed by atoms with Gasteiger partial charge in [0.1, 0.15) is 5.75 Å². The maximum atomic E-state index is 13.1. The summed E-state index contributed by atoms with van der Waals surface area (Å²) in [6.07, 6.45) is 0. The molecule has 32 heavy (non-hydrogen) atoms. The standard InChI is InChI=1S/C26H26N4O2/c1-5-32-22-14-12-21(13-15-22)30-25(20-11-6-8-17(2)16-20)28-24(29-30)26(31)27-23-18(3)9-7-10-19(23)4/h6-16H,5H2,1-4H3,(H,27,31). The highest BCUT2D eigenvalue weighted by molar-refractivity contribution is 6.02. The van der Waals surface area contributed by atoms with Crippen LogP contribution in [0.2, 0.25) is 0 Å². The molecule has 0 fully saturated rings. The van der Waals surface area contributed by atoms with E-state index in [1.54, 1.807) is 4.68 Å². The van der Waals surface area contributed by atoms with E-state index in [9.17, 15) is 4.79 Å². The predicted octanol–water partition coefficient (Wildman–Crippen LogP) is 5.51. The average Bonchev–Trinajstić information content (AvgIpc) is 3.23. The van der Waals surface area contributed by atoms with Crippen LogP contribution in [0.3, 0.4) is 0 Å². The summed E-state index contributed by atoms with van der Waals surface area (Å²) in [5, 5.41) is 7.55. The molecule has 3 aromatic carbocycles. The Morgan fingerprint density at radius 2 is 1.66 bits per heavy atom. The Hall–Kier alpha value is -3.93. The number of aromatic nitrogens is 3. The zero-order valence-corrected chi connectivity index (χ0v) is 18.7. The largest absolute Gasteiger partial charge is 0.494 e. The van der Waals surface area contributed by atoms with Crippen LogP contribution in [0.1, 0.15) is 34.2 Å². The zero-order chi connectivity index (χ0) is 22.7. The van der Waals surface area contributed by atoms with Crippen LogP contribution >= 0.6 is 0 Å². The van der Waals surface area contributed by atoms with E-state index < -0.39 is 0 Å². The number of para-hydroxylation sites is 1. The Bertz CT molecular complexity index is 1240. The van der Waals surface area contributed by atoms with Gasteiger partial charge >= 0.3 is 0 Å². The lowest BCUT2D eigenvalue weighted by atomic mass is 10.1. The second-order valence-corrected chi connectivity index (χ2v) is 7.69. The van der Waals surface area contributed by atoms with E-state index >= 15 is 0 Å². The Kier molecular flexibility index (Phi) is 6.03. The van der Waals surface area contributed by atoms with Crippen molar-refractivity contribution in [3.8, 4) is 22.8 Å². The zero-order valence-electron chi connectivity index (χ0n) is 18.7. The van der Waals surface area contributed by atoms with Crippen molar-refractivity contribution in [3.05, 3.63) is 89.2 Å². The van der Waals surface area contributed by atoms with Gasteiger partial charge in [-0.3, -0.25) is 4.79 Å². The number of amides is 1. The maximum absolute atomic E-state index is 13.1. The van der Waals surface area contributed by atoms with Crippen LogP contribution in [0.15, 0.2) is 66.7 Å². The van der Waals surface area contributed by atoms with Crippen molar-refractivity contribution in [2.24, 2.45) is 0 Å². The highest BCUT2D eigenvalue weighted by Gasteiger charge is 2.20. The summed E-state index contributed by atoms with van der Waals surface area (Å²) in [5.74, 6) is 1.14. The van der Waals surface area contributed by atoms with E-state index in [0.29, 0.717) is 12.4 Å². The molecule has 0 unspecified atom stereocenters. The van der Waals surface area contributed by atoms with Crippen molar-refractivity contribution in [2.75, 3.05) is 11.9 Å². The van der Waals surface area contributed by atoms with Crippen LogP contribution in [0, 0.1) is 20.8 Å². The lowest BCUT2D eigenvalue weighted by Gasteiger charge is -2.09. The van der Waals surface area contributed by atoms with Crippen LogP contribution in [0.5, 0.6) is 5.75 Å². The molecule has 0 saturated carbocycles. The number of nitrogens with one attached hydrogen (secondary N) is 1. The van der Waals surface area contributed by atoms with Gasteiger partial charge in [0, 0.05) is 11.3 Å². The fourth-order valence-corrected chi connectivity index (χ4v) is 3.59. The van der Waals surface area contributed by atoms with Crippen LogP contribution in [0.25, 0.3) is 17.1 Å². The number of ether oxygens (including phenoxy) is 1. The van der Waals surface area contributed by atoms with Crippen molar-refractivity contribution in [1.29, 1.82) is 0 Å². The molecular formula is C26H26N4O2. The Morgan fingerprint density at radius 1 is 0.969 bits per heavy atom. The van der Waals surface area contributed by atoms with Gasteiger partial charge < -0.3 is 10.1 Å². The van der Waals surface area contributed by atoms with E-state index in [2.05, 4.69) is 15.4 Å². The number of carbonyl (C=O) groups is 1. The van der Waals surface area contributed by atoms with Gasteiger partial charge in [-0.15, -0.1) is 5.10 Å². The van der Waals surface area contributed by atoms with Gasteiger partial charge in [0.05, 0.1) is 12.3 Å². The van der Waals surface area contributed by atoms with Crippen LogP contribution < -0.4 is 10.1 Å². The molecule has 162 valence electrons. The van der Waals surface area contributed by atoms with Gasteiger partial charge in [0.2, 0.25) is 5.82 Å². The van der Waals surface area contributed by atoms with Gasteiger partial charge in [-0.05, 0) is 69.2 Å². The number of rotatable bonds is 6. The second-order valence-electron chi connectivity index (χ2n) is 7.69. The monoisotopic (exact) mass is 426 g/mol. The van der Waals surface area contributed by atoms with Gasteiger partial charge in [0.25, 0.3) is 5.91 Å². The highest BCUT2D eigenvalue weighted by atomic mass is 16.5. The van der Waals surface area contributed by atoms with Gasteiger partial charge in [-0.2, -0.15) is 0 Å². The molecule has 0 radical (unpaired) electrons. The minimum absolute atomic E-state index is 0.109. The lowest BCUT2D eigenvalue weighted by molar-refractivity contribution is 0.101. The molecule has 6 heteroatoms. The van der Waals surface area contributed by atoms with Crippen molar-refractivity contribution >= 4 is 11.6 Å². The molecule has 0 spiro atoms. The molecule has 0 aliphatic heterocycles. The molecule has 0 saturated heterocycles. The summed E-state index contributed by atoms with van der Waals surface area (Å²) in [7, 11) is 0. The van der Waals surface area contributed by atoms with E-state index in [-0.39, 0.29) is 11.7 Å². The Morgan fingerprint density at radius 3 is 2.31 bits per heavy atom. The predicted molar refractivity (Wildman–Crippen MR) is 127 cm³/mol. The molecule has 1 heterocycles. The number of anilines is 1. The number of carbonyl (C=O) groups excluding carboxylic acids is 1. The molecule has 0 aliphatic carbocycles. The SMILES string of the molecule is CCOc1ccc(-n2nc(C(=O)Nc3c(C)cccc3C)nc2-c2cccc(C)c2)cc1. The third kappa shape index (κ3) is 4.39. The van der Waals surface area contributed by atoms with Gasteiger partial charge in [0.15, 0.2) is 5.82 Å². The maximum Gasteiger partial charge on any atom is 0.295 e. The first-order chi connectivity index (χ1) is 15.5. The van der Waals surface area contributed by atoms with Crippen molar-refractivity contribution in [2.45, 2.75) is 27.7 Å².